The molecule has 8 heteroatoms. The summed E-state index contributed by atoms with van der Waals surface area (Å²) in [5.74, 6) is 0.403. The van der Waals surface area contributed by atoms with Gasteiger partial charge in [0.15, 0.2) is 0 Å². The van der Waals surface area contributed by atoms with Crippen molar-refractivity contribution in [3.8, 4) is 22.7 Å². The second kappa shape index (κ2) is 9.53. The standard InChI is InChI=1S/C25H23ClN4O2S/c1-15(23(31)27-18-6-2-3-7-18)33-25-30-29-24(32-25)20-14-22(16-10-12-17(26)13-11-16)28-21-9-5-4-8-19(20)21/h4-5,8-15,18H,2-3,6-7H2,1H3,(H,27,31)/t15-/m1/s1. The molecule has 1 aliphatic carbocycles. The zero-order chi connectivity index (χ0) is 22.8. The first-order valence-electron chi connectivity index (χ1n) is 11.0. The molecule has 1 saturated carbocycles. The summed E-state index contributed by atoms with van der Waals surface area (Å²) in [6.45, 7) is 1.86. The monoisotopic (exact) mass is 478 g/mol. The van der Waals surface area contributed by atoms with E-state index in [1.165, 1.54) is 24.6 Å². The van der Waals surface area contributed by atoms with E-state index in [4.69, 9.17) is 21.0 Å². The van der Waals surface area contributed by atoms with E-state index >= 15 is 0 Å². The number of nitrogens with zero attached hydrogens (tertiary/aromatic N) is 3. The van der Waals surface area contributed by atoms with Crippen LogP contribution >= 0.6 is 23.4 Å². The maximum absolute atomic E-state index is 12.5. The molecule has 33 heavy (non-hydrogen) atoms. The maximum Gasteiger partial charge on any atom is 0.277 e. The first-order chi connectivity index (χ1) is 16.1. The van der Waals surface area contributed by atoms with E-state index < -0.39 is 0 Å². The van der Waals surface area contributed by atoms with Crippen LogP contribution in [0.2, 0.25) is 5.02 Å². The van der Waals surface area contributed by atoms with E-state index in [-0.39, 0.29) is 17.2 Å². The molecule has 0 bridgehead atoms. The van der Waals surface area contributed by atoms with Gasteiger partial charge in [0.2, 0.25) is 11.8 Å². The van der Waals surface area contributed by atoms with Crippen molar-refractivity contribution in [2.45, 2.75) is 49.1 Å². The number of nitrogens with one attached hydrogen (secondary N) is 1. The average molecular weight is 479 g/mol. The molecule has 1 aliphatic rings. The molecule has 2 heterocycles. The van der Waals surface area contributed by atoms with Crippen molar-refractivity contribution in [2.75, 3.05) is 0 Å². The molecule has 1 atom stereocenters. The van der Waals surface area contributed by atoms with Crippen molar-refractivity contribution in [1.29, 1.82) is 0 Å². The normalized spacial score (nSPS) is 15.1. The number of fused-ring (bicyclic) bond motifs is 1. The first-order valence-corrected chi connectivity index (χ1v) is 12.3. The molecule has 2 aromatic heterocycles. The van der Waals surface area contributed by atoms with Crippen LogP contribution in [0.4, 0.5) is 0 Å². The van der Waals surface area contributed by atoms with Gasteiger partial charge in [-0.25, -0.2) is 4.98 Å². The summed E-state index contributed by atoms with van der Waals surface area (Å²) in [6.07, 6.45) is 4.46. The van der Waals surface area contributed by atoms with Gasteiger partial charge in [-0.2, -0.15) is 0 Å². The van der Waals surface area contributed by atoms with Crippen LogP contribution in [-0.4, -0.2) is 32.4 Å². The Bertz CT molecular complexity index is 1290. The average Bonchev–Trinajstić information content (AvgIpc) is 3.51. The second-order valence-electron chi connectivity index (χ2n) is 8.20. The van der Waals surface area contributed by atoms with Gasteiger partial charge < -0.3 is 9.73 Å². The highest BCUT2D eigenvalue weighted by molar-refractivity contribution is 8.00. The second-order valence-corrected chi connectivity index (χ2v) is 9.93. The Labute approximate surface area is 201 Å². The first kappa shape index (κ1) is 21.9. The predicted molar refractivity (Wildman–Crippen MR) is 131 cm³/mol. The van der Waals surface area contributed by atoms with Gasteiger partial charge >= 0.3 is 0 Å². The van der Waals surface area contributed by atoms with Crippen molar-refractivity contribution < 1.29 is 9.21 Å². The Hall–Kier alpha value is -2.90. The van der Waals surface area contributed by atoms with E-state index in [0.717, 1.165) is 40.6 Å². The lowest BCUT2D eigenvalue weighted by Crippen LogP contribution is -2.37. The van der Waals surface area contributed by atoms with Crippen LogP contribution in [0, 0.1) is 0 Å². The van der Waals surface area contributed by atoms with Crippen LogP contribution in [0.1, 0.15) is 32.6 Å². The number of para-hydroxylation sites is 1. The summed E-state index contributed by atoms with van der Waals surface area (Å²) < 4.78 is 5.99. The van der Waals surface area contributed by atoms with Crippen molar-refractivity contribution in [3.63, 3.8) is 0 Å². The van der Waals surface area contributed by atoms with Crippen LogP contribution in [0.5, 0.6) is 0 Å². The fourth-order valence-corrected chi connectivity index (χ4v) is 4.90. The number of benzene rings is 2. The number of rotatable bonds is 6. The van der Waals surface area contributed by atoms with Gasteiger partial charge in [0.25, 0.3) is 5.22 Å². The summed E-state index contributed by atoms with van der Waals surface area (Å²) in [4.78, 5) is 17.3. The topological polar surface area (TPSA) is 80.9 Å². The summed E-state index contributed by atoms with van der Waals surface area (Å²) in [6, 6.07) is 17.6. The molecule has 168 valence electrons. The van der Waals surface area contributed by atoms with Gasteiger partial charge in [-0.05, 0) is 44.0 Å². The van der Waals surface area contributed by atoms with Crippen LogP contribution < -0.4 is 5.32 Å². The Morgan fingerprint density at radius 3 is 2.67 bits per heavy atom. The third kappa shape index (κ3) is 4.89. The van der Waals surface area contributed by atoms with Gasteiger partial charge in [0.1, 0.15) is 0 Å². The fraction of sp³-hybridized carbons (Fsp3) is 0.280. The molecule has 6 nitrogen and oxygen atoms in total. The molecule has 1 N–H and O–H groups in total. The van der Waals surface area contributed by atoms with Crippen LogP contribution in [0.15, 0.2) is 64.2 Å². The summed E-state index contributed by atoms with van der Waals surface area (Å²) in [5, 5.41) is 13.2. The Kier molecular flexibility index (Phi) is 6.33. The lowest BCUT2D eigenvalue weighted by Gasteiger charge is -2.14. The molecular weight excluding hydrogens is 456 g/mol. The van der Waals surface area contributed by atoms with E-state index in [1.807, 2.05) is 61.5 Å². The van der Waals surface area contributed by atoms with E-state index in [1.54, 1.807) is 0 Å². The zero-order valence-electron chi connectivity index (χ0n) is 18.1. The van der Waals surface area contributed by atoms with Crippen molar-refractivity contribution in [2.24, 2.45) is 0 Å². The minimum absolute atomic E-state index is 0.00559. The number of carbonyl (C=O) groups is 1. The van der Waals surface area contributed by atoms with Crippen LogP contribution in [0.25, 0.3) is 33.6 Å². The third-order valence-electron chi connectivity index (χ3n) is 5.84. The minimum Gasteiger partial charge on any atom is -0.411 e. The number of hydrogen-bond acceptors (Lipinski definition) is 6. The molecule has 1 amide bonds. The van der Waals surface area contributed by atoms with Crippen LogP contribution in [-0.2, 0) is 4.79 Å². The molecule has 5 rings (SSSR count). The SMILES string of the molecule is C[C@@H](Sc1nnc(-c2cc(-c3ccc(Cl)cc3)nc3ccccc23)o1)C(=O)NC1CCCC1. The highest BCUT2D eigenvalue weighted by Crippen LogP contribution is 2.33. The quantitative estimate of drug-likeness (QED) is 0.335. The molecule has 4 aromatic rings. The van der Waals surface area contributed by atoms with Gasteiger partial charge in [0.05, 0.1) is 22.0 Å². The Balaban J connectivity index is 1.42. The van der Waals surface area contributed by atoms with Crippen LogP contribution in [0.3, 0.4) is 0 Å². The highest BCUT2D eigenvalue weighted by atomic mass is 35.5. The van der Waals surface area contributed by atoms with E-state index in [9.17, 15) is 4.79 Å². The van der Waals surface area contributed by atoms with Gasteiger partial charge in [-0.3, -0.25) is 4.79 Å². The lowest BCUT2D eigenvalue weighted by molar-refractivity contribution is -0.120. The maximum atomic E-state index is 12.5. The van der Waals surface area contributed by atoms with E-state index in [0.29, 0.717) is 16.1 Å². The third-order valence-corrected chi connectivity index (χ3v) is 7.03. The van der Waals surface area contributed by atoms with Crippen molar-refractivity contribution in [1.82, 2.24) is 20.5 Å². The molecule has 0 radical (unpaired) electrons. The van der Waals surface area contributed by atoms with Crippen molar-refractivity contribution in [3.05, 3.63) is 59.6 Å². The van der Waals surface area contributed by atoms with Gasteiger partial charge in [-0.1, -0.05) is 66.5 Å². The molecule has 0 saturated heterocycles. The molecular formula is C25H23ClN4O2S. The number of thioether (sulfide) groups is 1. The summed E-state index contributed by atoms with van der Waals surface area (Å²) in [5.41, 5.74) is 3.36. The molecule has 2 aromatic carbocycles. The Morgan fingerprint density at radius 2 is 1.88 bits per heavy atom. The molecule has 0 spiro atoms. The number of carbonyl (C=O) groups excluding carboxylic acids is 1. The number of hydrogen-bond donors (Lipinski definition) is 1. The minimum atomic E-state index is -0.322. The smallest absolute Gasteiger partial charge is 0.277 e. The number of amides is 1. The zero-order valence-corrected chi connectivity index (χ0v) is 19.7. The molecule has 1 fully saturated rings. The number of halogens is 1. The number of aromatic nitrogens is 3. The fourth-order valence-electron chi connectivity index (χ4n) is 4.08. The van der Waals surface area contributed by atoms with Gasteiger partial charge in [0, 0.05) is 22.0 Å². The van der Waals surface area contributed by atoms with Crippen molar-refractivity contribution >= 4 is 40.2 Å². The summed E-state index contributed by atoms with van der Waals surface area (Å²) >= 11 is 7.33. The molecule has 0 aliphatic heterocycles. The highest BCUT2D eigenvalue weighted by Gasteiger charge is 2.23. The summed E-state index contributed by atoms with van der Waals surface area (Å²) in [7, 11) is 0. The van der Waals surface area contributed by atoms with E-state index in [2.05, 4.69) is 15.5 Å². The Morgan fingerprint density at radius 1 is 1.12 bits per heavy atom. The molecule has 0 unspecified atom stereocenters. The number of pyridine rings is 1. The lowest BCUT2D eigenvalue weighted by atomic mass is 10.0. The van der Waals surface area contributed by atoms with Gasteiger partial charge in [-0.15, -0.1) is 10.2 Å². The predicted octanol–water partition coefficient (Wildman–Crippen LogP) is 6.14. The largest absolute Gasteiger partial charge is 0.411 e.